The highest BCUT2D eigenvalue weighted by molar-refractivity contribution is 7.99. The first-order chi connectivity index (χ1) is 7.59. The molecule has 0 aromatic heterocycles. The minimum Gasteiger partial charge on any atom is -0.312 e. The van der Waals surface area contributed by atoms with Crippen LogP contribution in [0.5, 0.6) is 0 Å². The average molecular weight is 244 g/mol. The molecule has 96 valence electrons. The quantitative estimate of drug-likeness (QED) is 0.772. The van der Waals surface area contributed by atoms with Gasteiger partial charge in [0.25, 0.3) is 0 Å². The number of nitrogens with zero attached hydrogens (tertiary/aromatic N) is 1. The highest BCUT2D eigenvalue weighted by Crippen LogP contribution is 2.17. The van der Waals surface area contributed by atoms with Gasteiger partial charge in [-0.15, -0.1) is 0 Å². The largest absolute Gasteiger partial charge is 0.312 e. The molecule has 0 radical (unpaired) electrons. The molecule has 0 aromatic carbocycles. The minimum atomic E-state index is 0.687. The molecule has 2 atom stereocenters. The van der Waals surface area contributed by atoms with Crippen molar-refractivity contribution >= 4 is 11.8 Å². The molecular formula is C13H28N2S. The van der Waals surface area contributed by atoms with Crippen molar-refractivity contribution in [2.45, 2.75) is 45.2 Å². The van der Waals surface area contributed by atoms with E-state index >= 15 is 0 Å². The summed E-state index contributed by atoms with van der Waals surface area (Å²) in [6, 6.07) is 1.44. The summed E-state index contributed by atoms with van der Waals surface area (Å²) in [4.78, 5) is 2.36. The van der Waals surface area contributed by atoms with Crippen LogP contribution < -0.4 is 5.32 Å². The zero-order valence-corrected chi connectivity index (χ0v) is 12.1. The smallest absolute Gasteiger partial charge is 0.0217 e. The SMILES string of the molecule is CC(C)CC(CNC1CCCSC1)N(C)C. The van der Waals surface area contributed by atoms with Gasteiger partial charge < -0.3 is 10.2 Å². The molecule has 0 spiro atoms. The molecule has 2 nitrogen and oxygen atoms in total. The maximum absolute atomic E-state index is 3.75. The number of rotatable bonds is 6. The van der Waals surface area contributed by atoms with Crippen LogP contribution in [0.15, 0.2) is 0 Å². The summed E-state index contributed by atoms with van der Waals surface area (Å²) in [6.45, 7) is 5.77. The van der Waals surface area contributed by atoms with E-state index < -0.39 is 0 Å². The van der Waals surface area contributed by atoms with Crippen LogP contribution >= 0.6 is 11.8 Å². The fourth-order valence-electron chi connectivity index (χ4n) is 2.23. The van der Waals surface area contributed by atoms with Crippen LogP contribution in [-0.4, -0.2) is 49.1 Å². The lowest BCUT2D eigenvalue weighted by Crippen LogP contribution is -2.44. The Morgan fingerprint density at radius 3 is 2.62 bits per heavy atom. The third kappa shape index (κ3) is 5.55. The van der Waals surface area contributed by atoms with Gasteiger partial charge in [-0.2, -0.15) is 11.8 Å². The van der Waals surface area contributed by atoms with Crippen LogP contribution in [0.4, 0.5) is 0 Å². The van der Waals surface area contributed by atoms with Crippen LogP contribution in [0, 0.1) is 5.92 Å². The fourth-order valence-corrected chi connectivity index (χ4v) is 3.33. The maximum Gasteiger partial charge on any atom is 0.0217 e. The van der Waals surface area contributed by atoms with E-state index in [-0.39, 0.29) is 0 Å². The van der Waals surface area contributed by atoms with Gasteiger partial charge in [0.15, 0.2) is 0 Å². The fraction of sp³-hybridized carbons (Fsp3) is 1.00. The summed E-state index contributed by atoms with van der Waals surface area (Å²) in [6.07, 6.45) is 4.05. The Kier molecular flexibility index (Phi) is 6.78. The summed E-state index contributed by atoms with van der Waals surface area (Å²) in [5.74, 6) is 3.46. The molecule has 1 aliphatic rings. The first kappa shape index (κ1) is 14.3. The van der Waals surface area contributed by atoms with Gasteiger partial charge in [-0.25, -0.2) is 0 Å². The molecule has 0 saturated carbocycles. The Hall–Kier alpha value is 0.270. The van der Waals surface area contributed by atoms with Crippen LogP contribution in [-0.2, 0) is 0 Å². The van der Waals surface area contributed by atoms with E-state index in [2.05, 4.69) is 49.9 Å². The van der Waals surface area contributed by atoms with Crippen molar-refractivity contribution in [1.29, 1.82) is 0 Å². The van der Waals surface area contributed by atoms with Crippen LogP contribution in [0.1, 0.15) is 33.1 Å². The summed E-state index contributed by atoms with van der Waals surface area (Å²) in [5.41, 5.74) is 0. The Balaban J connectivity index is 2.25. The molecule has 1 heterocycles. The van der Waals surface area contributed by atoms with Crippen molar-refractivity contribution in [2.24, 2.45) is 5.92 Å². The lowest BCUT2D eigenvalue weighted by molar-refractivity contribution is 0.240. The van der Waals surface area contributed by atoms with Crippen molar-refractivity contribution in [2.75, 3.05) is 32.1 Å². The summed E-state index contributed by atoms with van der Waals surface area (Å²) in [7, 11) is 4.40. The van der Waals surface area contributed by atoms with Gasteiger partial charge in [0.2, 0.25) is 0 Å². The van der Waals surface area contributed by atoms with Crippen molar-refractivity contribution in [3.05, 3.63) is 0 Å². The molecule has 2 unspecified atom stereocenters. The van der Waals surface area contributed by atoms with Crippen molar-refractivity contribution < 1.29 is 0 Å². The molecule has 3 heteroatoms. The number of nitrogens with one attached hydrogen (secondary N) is 1. The molecular weight excluding hydrogens is 216 g/mol. The van der Waals surface area contributed by atoms with Gasteiger partial charge in [0.1, 0.15) is 0 Å². The lowest BCUT2D eigenvalue weighted by Gasteiger charge is -2.30. The van der Waals surface area contributed by atoms with Gasteiger partial charge in [-0.3, -0.25) is 0 Å². The normalized spacial score (nSPS) is 24.0. The summed E-state index contributed by atoms with van der Waals surface area (Å²) >= 11 is 2.10. The highest BCUT2D eigenvalue weighted by atomic mass is 32.2. The minimum absolute atomic E-state index is 0.687. The van der Waals surface area contributed by atoms with E-state index in [0.717, 1.165) is 18.5 Å². The van der Waals surface area contributed by atoms with E-state index in [0.29, 0.717) is 6.04 Å². The third-order valence-electron chi connectivity index (χ3n) is 3.28. The number of hydrogen-bond acceptors (Lipinski definition) is 3. The van der Waals surface area contributed by atoms with Crippen molar-refractivity contribution in [3.8, 4) is 0 Å². The predicted molar refractivity (Wildman–Crippen MR) is 75.3 cm³/mol. The van der Waals surface area contributed by atoms with Crippen molar-refractivity contribution in [1.82, 2.24) is 10.2 Å². The summed E-state index contributed by atoms with van der Waals surface area (Å²) < 4.78 is 0. The Morgan fingerprint density at radius 2 is 2.12 bits per heavy atom. The predicted octanol–water partition coefficient (Wildman–Crippen LogP) is 2.45. The number of thioether (sulfide) groups is 1. The van der Waals surface area contributed by atoms with E-state index in [4.69, 9.17) is 0 Å². The Morgan fingerprint density at radius 1 is 1.38 bits per heavy atom. The molecule has 1 rings (SSSR count). The highest BCUT2D eigenvalue weighted by Gasteiger charge is 2.17. The zero-order chi connectivity index (χ0) is 12.0. The standard InChI is InChI=1S/C13H28N2S/c1-11(2)8-13(15(3)4)9-14-12-6-5-7-16-10-12/h11-14H,5-10H2,1-4H3. The lowest BCUT2D eigenvalue weighted by atomic mass is 10.0. The molecule has 1 N–H and O–H groups in total. The molecule has 0 aromatic rings. The van der Waals surface area contributed by atoms with E-state index in [1.54, 1.807) is 0 Å². The van der Waals surface area contributed by atoms with Crippen molar-refractivity contribution in [3.63, 3.8) is 0 Å². The van der Waals surface area contributed by atoms with Gasteiger partial charge in [-0.05, 0) is 45.0 Å². The molecule has 1 saturated heterocycles. The Bertz CT molecular complexity index is 177. The molecule has 0 bridgehead atoms. The van der Waals surface area contributed by atoms with E-state index in [1.807, 2.05) is 0 Å². The first-order valence-corrected chi connectivity index (χ1v) is 7.72. The molecule has 0 aliphatic carbocycles. The van der Waals surface area contributed by atoms with Gasteiger partial charge in [-0.1, -0.05) is 13.8 Å². The summed E-state index contributed by atoms with van der Waals surface area (Å²) in [5, 5.41) is 3.75. The first-order valence-electron chi connectivity index (χ1n) is 6.57. The molecule has 1 fully saturated rings. The average Bonchev–Trinajstić information content (AvgIpc) is 2.25. The maximum atomic E-state index is 3.75. The zero-order valence-electron chi connectivity index (χ0n) is 11.3. The molecule has 16 heavy (non-hydrogen) atoms. The molecule has 1 aliphatic heterocycles. The second kappa shape index (κ2) is 7.57. The van der Waals surface area contributed by atoms with E-state index in [9.17, 15) is 0 Å². The third-order valence-corrected chi connectivity index (χ3v) is 4.49. The van der Waals surface area contributed by atoms with Gasteiger partial charge in [0, 0.05) is 24.4 Å². The molecule has 0 amide bonds. The number of hydrogen-bond donors (Lipinski definition) is 1. The topological polar surface area (TPSA) is 15.3 Å². The second-order valence-electron chi connectivity index (χ2n) is 5.57. The monoisotopic (exact) mass is 244 g/mol. The number of likely N-dealkylation sites (N-methyl/N-ethyl adjacent to an activating group) is 1. The van der Waals surface area contributed by atoms with Crippen LogP contribution in [0.2, 0.25) is 0 Å². The van der Waals surface area contributed by atoms with Gasteiger partial charge >= 0.3 is 0 Å². The van der Waals surface area contributed by atoms with Crippen LogP contribution in [0.3, 0.4) is 0 Å². The van der Waals surface area contributed by atoms with E-state index in [1.165, 1.54) is 30.8 Å². The van der Waals surface area contributed by atoms with Crippen LogP contribution in [0.25, 0.3) is 0 Å². The Labute approximate surface area is 106 Å². The second-order valence-corrected chi connectivity index (χ2v) is 6.72. The van der Waals surface area contributed by atoms with Gasteiger partial charge in [0.05, 0.1) is 0 Å².